The molecule has 0 amide bonds. The van der Waals surface area contributed by atoms with Crippen LogP contribution in [0.2, 0.25) is 0 Å². The molecule has 0 saturated heterocycles. The van der Waals surface area contributed by atoms with Gasteiger partial charge in [0.25, 0.3) is 0 Å². The van der Waals surface area contributed by atoms with Crippen LogP contribution in [0.4, 0.5) is 0 Å². The zero-order valence-corrected chi connectivity index (χ0v) is 8.04. The second-order valence-corrected chi connectivity index (χ2v) is 3.13. The highest BCUT2D eigenvalue weighted by Crippen LogP contribution is 2.14. The number of aryl methyl sites for hydroxylation is 1. The maximum atomic E-state index is 9.11. The van der Waals surface area contributed by atoms with Crippen LogP contribution in [0, 0.1) is 6.92 Å². The van der Waals surface area contributed by atoms with Gasteiger partial charge < -0.3 is 5.11 Å². The minimum atomic E-state index is 0.128. The van der Waals surface area contributed by atoms with Crippen molar-refractivity contribution in [1.29, 1.82) is 0 Å². The van der Waals surface area contributed by atoms with Gasteiger partial charge in [-0.1, -0.05) is 30.8 Å². The van der Waals surface area contributed by atoms with E-state index in [-0.39, 0.29) is 5.76 Å². The van der Waals surface area contributed by atoms with Crippen LogP contribution in [0.1, 0.15) is 18.1 Å². The third kappa shape index (κ3) is 2.48. The van der Waals surface area contributed by atoms with Crippen LogP contribution in [0.15, 0.2) is 42.2 Å². The lowest BCUT2D eigenvalue weighted by Crippen LogP contribution is -1.83. The molecule has 0 saturated carbocycles. The number of hydrogen-bond acceptors (Lipinski definition) is 1. The van der Waals surface area contributed by atoms with Crippen LogP contribution in [-0.2, 0) is 0 Å². The molecule has 1 nitrogen and oxygen atoms in total. The third-order valence-electron chi connectivity index (χ3n) is 2.02. The SMILES string of the molecule is C=C(O)/C(C)=C\c1ccccc1C. The van der Waals surface area contributed by atoms with Gasteiger partial charge >= 0.3 is 0 Å². The van der Waals surface area contributed by atoms with Crippen LogP contribution in [0.25, 0.3) is 6.08 Å². The molecule has 0 aliphatic heterocycles. The predicted octanol–water partition coefficient (Wildman–Crippen LogP) is 3.47. The van der Waals surface area contributed by atoms with Crippen molar-refractivity contribution in [3.05, 3.63) is 53.3 Å². The van der Waals surface area contributed by atoms with Crippen molar-refractivity contribution in [3.63, 3.8) is 0 Å². The number of aliphatic hydroxyl groups excluding tert-OH is 1. The summed E-state index contributed by atoms with van der Waals surface area (Å²) in [6, 6.07) is 8.03. The van der Waals surface area contributed by atoms with Gasteiger partial charge in [-0.2, -0.15) is 0 Å². The number of rotatable bonds is 2. The van der Waals surface area contributed by atoms with Gasteiger partial charge in [-0.05, 0) is 36.6 Å². The molecule has 68 valence electrons. The van der Waals surface area contributed by atoms with E-state index in [4.69, 9.17) is 5.11 Å². The Bertz CT molecular complexity index is 348. The zero-order valence-electron chi connectivity index (χ0n) is 8.04. The highest BCUT2D eigenvalue weighted by atomic mass is 16.3. The zero-order chi connectivity index (χ0) is 9.84. The van der Waals surface area contributed by atoms with Crippen LogP contribution < -0.4 is 0 Å². The van der Waals surface area contributed by atoms with Crippen molar-refractivity contribution in [1.82, 2.24) is 0 Å². The molecular formula is C12H14O. The molecule has 0 aromatic heterocycles. The Labute approximate surface area is 79.0 Å². The number of hydrogen-bond donors (Lipinski definition) is 1. The molecule has 0 aliphatic carbocycles. The van der Waals surface area contributed by atoms with E-state index in [1.54, 1.807) is 0 Å². The molecule has 0 aliphatic rings. The van der Waals surface area contributed by atoms with Crippen molar-refractivity contribution in [2.24, 2.45) is 0 Å². The minimum Gasteiger partial charge on any atom is -0.508 e. The Hall–Kier alpha value is -1.50. The summed E-state index contributed by atoms with van der Waals surface area (Å²) < 4.78 is 0. The maximum Gasteiger partial charge on any atom is 0.111 e. The van der Waals surface area contributed by atoms with E-state index >= 15 is 0 Å². The van der Waals surface area contributed by atoms with E-state index in [1.807, 2.05) is 44.2 Å². The Balaban J connectivity index is 3.04. The highest BCUT2D eigenvalue weighted by Gasteiger charge is 1.95. The molecule has 0 fully saturated rings. The molecule has 0 atom stereocenters. The van der Waals surface area contributed by atoms with Crippen molar-refractivity contribution in [3.8, 4) is 0 Å². The van der Waals surface area contributed by atoms with E-state index in [9.17, 15) is 0 Å². The number of aliphatic hydroxyl groups is 1. The minimum absolute atomic E-state index is 0.128. The van der Waals surface area contributed by atoms with Gasteiger partial charge in [0.2, 0.25) is 0 Å². The van der Waals surface area contributed by atoms with Gasteiger partial charge in [0.05, 0.1) is 0 Å². The van der Waals surface area contributed by atoms with Crippen LogP contribution in [0.5, 0.6) is 0 Å². The fourth-order valence-electron chi connectivity index (χ4n) is 1.07. The Morgan fingerprint density at radius 3 is 2.54 bits per heavy atom. The molecule has 13 heavy (non-hydrogen) atoms. The van der Waals surface area contributed by atoms with E-state index in [0.717, 1.165) is 11.1 Å². The first-order valence-electron chi connectivity index (χ1n) is 4.23. The van der Waals surface area contributed by atoms with Crippen molar-refractivity contribution < 1.29 is 5.11 Å². The first kappa shape index (κ1) is 9.59. The van der Waals surface area contributed by atoms with Gasteiger partial charge in [-0.3, -0.25) is 0 Å². The van der Waals surface area contributed by atoms with Crippen molar-refractivity contribution >= 4 is 6.08 Å². The summed E-state index contributed by atoms with van der Waals surface area (Å²) in [7, 11) is 0. The first-order valence-corrected chi connectivity index (χ1v) is 4.23. The molecule has 0 heterocycles. The average molecular weight is 174 g/mol. The van der Waals surface area contributed by atoms with Gasteiger partial charge in [0.15, 0.2) is 0 Å². The summed E-state index contributed by atoms with van der Waals surface area (Å²) in [6.45, 7) is 7.35. The number of allylic oxidation sites excluding steroid dienone is 1. The van der Waals surface area contributed by atoms with Crippen LogP contribution in [-0.4, -0.2) is 5.11 Å². The Kier molecular flexibility index (Phi) is 2.91. The van der Waals surface area contributed by atoms with E-state index < -0.39 is 0 Å². The molecule has 1 aromatic rings. The van der Waals surface area contributed by atoms with E-state index in [0.29, 0.717) is 0 Å². The Morgan fingerprint density at radius 1 is 1.38 bits per heavy atom. The molecule has 0 radical (unpaired) electrons. The van der Waals surface area contributed by atoms with Gasteiger partial charge in [-0.15, -0.1) is 0 Å². The average Bonchev–Trinajstić information content (AvgIpc) is 2.08. The lowest BCUT2D eigenvalue weighted by molar-refractivity contribution is 0.427. The fraction of sp³-hybridized carbons (Fsp3) is 0.167. The topological polar surface area (TPSA) is 20.2 Å². The van der Waals surface area contributed by atoms with E-state index in [2.05, 4.69) is 6.58 Å². The van der Waals surface area contributed by atoms with Crippen molar-refractivity contribution in [2.75, 3.05) is 0 Å². The summed E-state index contributed by atoms with van der Waals surface area (Å²) in [5.74, 6) is 0.128. The van der Waals surface area contributed by atoms with Crippen LogP contribution in [0.3, 0.4) is 0 Å². The molecule has 1 heteroatoms. The second kappa shape index (κ2) is 3.94. The quantitative estimate of drug-likeness (QED) is 0.537. The van der Waals surface area contributed by atoms with Gasteiger partial charge in [-0.25, -0.2) is 0 Å². The predicted molar refractivity (Wildman–Crippen MR) is 56.6 cm³/mol. The monoisotopic (exact) mass is 174 g/mol. The van der Waals surface area contributed by atoms with Crippen molar-refractivity contribution in [2.45, 2.75) is 13.8 Å². The fourth-order valence-corrected chi connectivity index (χ4v) is 1.07. The summed E-state index contributed by atoms with van der Waals surface area (Å²) >= 11 is 0. The normalized spacial score (nSPS) is 11.4. The second-order valence-electron chi connectivity index (χ2n) is 3.13. The molecule has 0 unspecified atom stereocenters. The molecular weight excluding hydrogens is 160 g/mol. The molecule has 1 rings (SSSR count). The summed E-state index contributed by atoms with van der Waals surface area (Å²) in [6.07, 6.45) is 1.93. The molecule has 0 spiro atoms. The van der Waals surface area contributed by atoms with Gasteiger partial charge in [0.1, 0.15) is 5.76 Å². The standard InChI is InChI=1S/C12H14O/c1-9-6-4-5-7-12(9)8-10(2)11(3)13/h4-8,13H,3H2,1-2H3/b10-8-. The molecule has 1 aromatic carbocycles. The molecule has 0 bridgehead atoms. The largest absolute Gasteiger partial charge is 0.508 e. The summed E-state index contributed by atoms with van der Waals surface area (Å²) in [5, 5.41) is 9.11. The van der Waals surface area contributed by atoms with E-state index in [1.165, 1.54) is 5.56 Å². The van der Waals surface area contributed by atoms with Gasteiger partial charge in [0, 0.05) is 0 Å². The smallest absolute Gasteiger partial charge is 0.111 e. The van der Waals surface area contributed by atoms with Crippen LogP contribution >= 0.6 is 0 Å². The lowest BCUT2D eigenvalue weighted by atomic mass is 10.1. The molecule has 1 N–H and O–H groups in total. The lowest BCUT2D eigenvalue weighted by Gasteiger charge is -2.01. The first-order chi connectivity index (χ1) is 6.11. The maximum absolute atomic E-state index is 9.11. The summed E-state index contributed by atoms with van der Waals surface area (Å²) in [4.78, 5) is 0. The summed E-state index contributed by atoms with van der Waals surface area (Å²) in [5.41, 5.74) is 3.12. The number of benzene rings is 1. The Morgan fingerprint density at radius 2 is 2.00 bits per heavy atom. The highest BCUT2D eigenvalue weighted by molar-refractivity contribution is 5.58. The third-order valence-corrected chi connectivity index (χ3v) is 2.02.